The van der Waals surface area contributed by atoms with E-state index in [1.807, 2.05) is 11.9 Å². The Labute approximate surface area is 235 Å². The monoisotopic (exact) mass is 584 g/mol. The van der Waals surface area contributed by atoms with Crippen LogP contribution in [0.4, 0.5) is 4.39 Å². The summed E-state index contributed by atoms with van der Waals surface area (Å²) in [6.45, 7) is 2.59. The van der Waals surface area contributed by atoms with Gasteiger partial charge in [0.1, 0.15) is 11.6 Å². The lowest BCUT2D eigenvalue weighted by Gasteiger charge is -2.29. The first kappa shape index (κ1) is 27.1. The standard InChI is InChI=1S/C27H19Cl2FN4O6/c1-13-2-3-16(30)8-15(13)12-33-7-6-14-9-18(4-5-19(14)25(33)36)40-23-20(28)10-17(11-21(23)29)34-27(39)31-24(35)22(32-34)26(37)38/h2-5,8-11H,6-7,12H2,1H3,(H,37,38)(H,31,35,39). The summed E-state index contributed by atoms with van der Waals surface area (Å²) in [6, 6.07) is 12.0. The van der Waals surface area contributed by atoms with E-state index >= 15 is 0 Å². The van der Waals surface area contributed by atoms with E-state index in [9.17, 15) is 23.6 Å². The van der Waals surface area contributed by atoms with Gasteiger partial charge in [-0.1, -0.05) is 29.3 Å². The summed E-state index contributed by atoms with van der Waals surface area (Å²) in [5.74, 6) is -1.76. The molecule has 0 spiro atoms. The molecule has 13 heteroatoms. The van der Waals surface area contributed by atoms with Gasteiger partial charge in [-0.15, -0.1) is 0 Å². The minimum absolute atomic E-state index is 0.00392. The van der Waals surface area contributed by atoms with Crippen LogP contribution in [0, 0.1) is 12.7 Å². The molecule has 0 saturated heterocycles. The van der Waals surface area contributed by atoms with Crippen LogP contribution in [0.2, 0.25) is 10.0 Å². The second kappa shape index (κ2) is 10.6. The van der Waals surface area contributed by atoms with E-state index in [0.29, 0.717) is 35.5 Å². The van der Waals surface area contributed by atoms with Gasteiger partial charge in [-0.25, -0.2) is 14.0 Å². The topological polar surface area (TPSA) is 135 Å². The van der Waals surface area contributed by atoms with Crippen molar-refractivity contribution in [3.8, 4) is 17.2 Å². The molecule has 204 valence electrons. The van der Waals surface area contributed by atoms with E-state index in [2.05, 4.69) is 5.10 Å². The number of ether oxygens (including phenoxy) is 1. The van der Waals surface area contributed by atoms with E-state index in [0.717, 1.165) is 16.7 Å². The summed E-state index contributed by atoms with van der Waals surface area (Å²) in [6.07, 6.45) is 0.541. The number of benzene rings is 3. The highest BCUT2D eigenvalue weighted by Crippen LogP contribution is 2.39. The zero-order chi connectivity index (χ0) is 28.7. The molecule has 1 aliphatic heterocycles. The first-order chi connectivity index (χ1) is 19.0. The van der Waals surface area contributed by atoms with Crippen LogP contribution in [0.3, 0.4) is 0 Å². The van der Waals surface area contributed by atoms with Crippen molar-refractivity contribution in [3.05, 3.63) is 113 Å². The number of hydrogen-bond acceptors (Lipinski definition) is 6. The summed E-state index contributed by atoms with van der Waals surface area (Å²) in [4.78, 5) is 51.8. The van der Waals surface area contributed by atoms with Crippen LogP contribution in [0.5, 0.6) is 11.5 Å². The third kappa shape index (κ3) is 5.21. The second-order valence-corrected chi connectivity index (χ2v) is 9.85. The number of carboxylic acids is 1. The van der Waals surface area contributed by atoms with Gasteiger partial charge < -0.3 is 14.7 Å². The summed E-state index contributed by atoms with van der Waals surface area (Å²) in [5, 5.41) is 12.7. The minimum Gasteiger partial charge on any atom is -0.476 e. The van der Waals surface area contributed by atoms with Crippen LogP contribution in [0.25, 0.3) is 5.69 Å². The van der Waals surface area contributed by atoms with Crippen LogP contribution in [-0.2, 0) is 13.0 Å². The van der Waals surface area contributed by atoms with Crippen LogP contribution < -0.4 is 16.0 Å². The van der Waals surface area contributed by atoms with E-state index in [-0.39, 0.29) is 33.2 Å². The molecule has 0 atom stereocenters. The first-order valence-electron chi connectivity index (χ1n) is 11.8. The van der Waals surface area contributed by atoms with Gasteiger partial charge in [0.25, 0.3) is 11.5 Å². The number of nitrogens with one attached hydrogen (secondary N) is 1. The fourth-order valence-corrected chi connectivity index (χ4v) is 4.90. The van der Waals surface area contributed by atoms with Gasteiger partial charge in [0, 0.05) is 18.7 Å². The average molecular weight is 585 g/mol. The van der Waals surface area contributed by atoms with Crippen molar-refractivity contribution in [2.75, 3.05) is 6.54 Å². The molecule has 40 heavy (non-hydrogen) atoms. The van der Waals surface area contributed by atoms with Gasteiger partial charge in [-0.2, -0.15) is 9.78 Å². The number of carboxylic acid groups (broad SMARTS) is 1. The largest absolute Gasteiger partial charge is 0.476 e. The van der Waals surface area contributed by atoms with Crippen LogP contribution >= 0.6 is 23.2 Å². The van der Waals surface area contributed by atoms with Crippen molar-refractivity contribution in [3.63, 3.8) is 0 Å². The SMILES string of the molecule is Cc1ccc(F)cc1CN1CCc2cc(Oc3c(Cl)cc(-n4nc(C(=O)O)c(=O)[nH]c4=O)cc3Cl)ccc2C1=O. The molecule has 2 N–H and O–H groups in total. The van der Waals surface area contributed by atoms with Crippen LogP contribution in [0.1, 0.15) is 37.5 Å². The minimum atomic E-state index is -1.62. The Hall–Kier alpha value is -4.48. The Kier molecular flexibility index (Phi) is 7.17. The lowest BCUT2D eigenvalue weighted by Crippen LogP contribution is -2.37. The molecule has 0 unspecified atom stereocenters. The molecule has 0 bridgehead atoms. The maximum atomic E-state index is 13.7. The third-order valence-electron chi connectivity index (χ3n) is 6.40. The summed E-state index contributed by atoms with van der Waals surface area (Å²) >= 11 is 12.8. The van der Waals surface area contributed by atoms with Gasteiger partial charge in [0.05, 0.1) is 15.7 Å². The van der Waals surface area contributed by atoms with Crippen molar-refractivity contribution in [1.29, 1.82) is 0 Å². The van der Waals surface area contributed by atoms with Gasteiger partial charge >= 0.3 is 11.7 Å². The van der Waals surface area contributed by atoms with E-state index in [1.54, 1.807) is 29.2 Å². The molecule has 1 aliphatic rings. The van der Waals surface area contributed by atoms with E-state index in [4.69, 9.17) is 33.0 Å². The maximum absolute atomic E-state index is 13.7. The Morgan fingerprint density at radius 1 is 1.10 bits per heavy atom. The molecule has 3 aromatic carbocycles. The quantitative estimate of drug-likeness (QED) is 0.343. The van der Waals surface area contributed by atoms with Crippen molar-refractivity contribution in [2.45, 2.75) is 19.9 Å². The van der Waals surface area contributed by atoms with Gasteiger partial charge in [-0.3, -0.25) is 14.6 Å². The highest BCUT2D eigenvalue weighted by atomic mass is 35.5. The predicted octanol–water partition coefficient (Wildman–Crippen LogP) is 4.36. The Bertz CT molecular complexity index is 1800. The Morgan fingerprint density at radius 2 is 1.82 bits per heavy atom. The molecule has 0 fully saturated rings. The molecule has 0 aliphatic carbocycles. The molecule has 1 aromatic heterocycles. The number of aryl methyl sites for hydroxylation is 1. The third-order valence-corrected chi connectivity index (χ3v) is 6.96. The molecule has 10 nitrogen and oxygen atoms in total. The number of aromatic amines is 1. The van der Waals surface area contributed by atoms with Crippen LogP contribution in [-0.4, -0.2) is 43.2 Å². The summed E-state index contributed by atoms with van der Waals surface area (Å²) in [7, 11) is 0. The highest BCUT2D eigenvalue weighted by Gasteiger charge is 2.26. The molecule has 5 rings (SSSR count). The molecular weight excluding hydrogens is 566 g/mol. The number of hydrogen-bond donors (Lipinski definition) is 2. The number of H-pyrrole nitrogens is 1. The van der Waals surface area contributed by atoms with Gasteiger partial charge in [0.15, 0.2) is 5.75 Å². The van der Waals surface area contributed by atoms with E-state index < -0.39 is 22.9 Å². The van der Waals surface area contributed by atoms with Crippen molar-refractivity contribution in [2.24, 2.45) is 0 Å². The smallest absolute Gasteiger partial charge is 0.362 e. The zero-order valence-corrected chi connectivity index (χ0v) is 22.2. The number of halogens is 3. The lowest BCUT2D eigenvalue weighted by atomic mass is 9.97. The molecule has 1 amide bonds. The number of carbonyl (C=O) groups is 2. The molecule has 2 heterocycles. The number of carbonyl (C=O) groups excluding carboxylic acids is 1. The molecule has 0 radical (unpaired) electrons. The second-order valence-electron chi connectivity index (χ2n) is 9.03. The molecular formula is C27H19Cl2FN4O6. The summed E-state index contributed by atoms with van der Waals surface area (Å²) in [5.41, 5.74) is -0.145. The van der Waals surface area contributed by atoms with Crippen molar-refractivity contribution >= 4 is 35.1 Å². The zero-order valence-electron chi connectivity index (χ0n) is 20.7. The van der Waals surface area contributed by atoms with Gasteiger partial charge in [0.2, 0.25) is 5.69 Å². The number of aromatic nitrogens is 3. The first-order valence-corrected chi connectivity index (χ1v) is 12.6. The fraction of sp³-hybridized carbons (Fsp3) is 0.148. The van der Waals surface area contributed by atoms with Gasteiger partial charge in [-0.05, 0) is 72.5 Å². The number of amides is 1. The Morgan fingerprint density at radius 3 is 2.52 bits per heavy atom. The Balaban J connectivity index is 1.39. The average Bonchev–Trinajstić information content (AvgIpc) is 2.89. The van der Waals surface area contributed by atoms with Crippen molar-refractivity contribution in [1.82, 2.24) is 19.7 Å². The number of aromatic carboxylic acids is 1. The predicted molar refractivity (Wildman–Crippen MR) is 144 cm³/mol. The molecule has 0 saturated carbocycles. The van der Waals surface area contributed by atoms with E-state index in [1.165, 1.54) is 24.3 Å². The highest BCUT2D eigenvalue weighted by molar-refractivity contribution is 6.37. The normalized spacial score (nSPS) is 12.8. The molecule has 4 aromatic rings. The maximum Gasteiger partial charge on any atom is 0.362 e. The van der Waals surface area contributed by atoms with Crippen molar-refractivity contribution < 1.29 is 23.8 Å². The number of rotatable bonds is 6. The van der Waals surface area contributed by atoms with Crippen LogP contribution in [0.15, 0.2) is 58.1 Å². The lowest BCUT2D eigenvalue weighted by molar-refractivity contribution is 0.0683. The summed E-state index contributed by atoms with van der Waals surface area (Å²) < 4.78 is 20.3. The number of nitrogens with zero attached hydrogens (tertiary/aromatic N) is 3. The fourth-order valence-electron chi connectivity index (χ4n) is 4.34. The number of fused-ring (bicyclic) bond motifs is 1.